The van der Waals surface area contributed by atoms with Gasteiger partial charge < -0.3 is 20.4 Å². The highest BCUT2D eigenvalue weighted by molar-refractivity contribution is 6.46. The number of anilines is 1. The first-order valence-corrected chi connectivity index (χ1v) is 8.14. The van der Waals surface area contributed by atoms with E-state index in [-0.39, 0.29) is 6.61 Å². The van der Waals surface area contributed by atoms with E-state index in [9.17, 15) is 0 Å². The van der Waals surface area contributed by atoms with Crippen LogP contribution in [0.15, 0.2) is 6.07 Å². The molecule has 0 saturated carbocycles. The van der Waals surface area contributed by atoms with Gasteiger partial charge in [0.15, 0.2) is 0 Å². The van der Waals surface area contributed by atoms with E-state index in [1.54, 1.807) is 0 Å². The van der Waals surface area contributed by atoms with Crippen LogP contribution in [0.25, 0.3) is 10.9 Å². The summed E-state index contributed by atoms with van der Waals surface area (Å²) in [5.74, 6) is 1.12. The third-order valence-electron chi connectivity index (χ3n) is 3.61. The zero-order valence-corrected chi connectivity index (χ0v) is 15.0. The lowest BCUT2D eigenvalue weighted by molar-refractivity contribution is -0.110. The fourth-order valence-electron chi connectivity index (χ4n) is 2.65. The summed E-state index contributed by atoms with van der Waals surface area (Å²) >= 11 is 12.6. The van der Waals surface area contributed by atoms with Crippen LogP contribution in [0.3, 0.4) is 0 Å². The van der Waals surface area contributed by atoms with Crippen molar-refractivity contribution in [3.8, 4) is 5.75 Å². The lowest BCUT2D eigenvalue weighted by Crippen LogP contribution is -2.08. The van der Waals surface area contributed by atoms with Gasteiger partial charge >= 0.3 is 0 Å². The molecule has 24 heavy (non-hydrogen) atoms. The Hall–Kier alpha value is -1.60. The van der Waals surface area contributed by atoms with Crippen LogP contribution in [-0.2, 0) is 17.9 Å². The Kier molecular flexibility index (Phi) is 6.23. The van der Waals surface area contributed by atoms with Gasteiger partial charge in [0.25, 0.3) is 0 Å². The molecule has 0 amide bonds. The molecule has 130 valence electrons. The van der Waals surface area contributed by atoms with Gasteiger partial charge in [-0.25, -0.2) is 4.98 Å². The first kappa shape index (κ1) is 18.7. The first-order valence-electron chi connectivity index (χ1n) is 7.39. The number of aliphatic hydroxyl groups excluding tert-OH is 1. The molecule has 3 rings (SSSR count). The number of carbonyl (C=O) groups excluding carboxylic acids is 1. The lowest BCUT2D eigenvalue weighted by Gasteiger charge is -2.13. The van der Waals surface area contributed by atoms with Gasteiger partial charge in [-0.05, 0) is 25.6 Å². The van der Waals surface area contributed by atoms with Crippen molar-refractivity contribution >= 4 is 46.2 Å². The Morgan fingerprint density at radius 1 is 1.38 bits per heavy atom. The number of aromatic nitrogens is 1. The van der Waals surface area contributed by atoms with Crippen LogP contribution in [0.2, 0.25) is 10.0 Å². The summed E-state index contributed by atoms with van der Waals surface area (Å²) in [7, 11) is 2.05. The summed E-state index contributed by atoms with van der Waals surface area (Å²) in [5, 5.41) is 9.26. The third-order valence-corrected chi connectivity index (χ3v) is 4.45. The molecule has 0 atom stereocenters. The Balaban J connectivity index is 0.000000471. The predicted octanol–water partition coefficient (Wildman–Crippen LogP) is 2.65. The van der Waals surface area contributed by atoms with Crippen LogP contribution in [-0.4, -0.2) is 41.5 Å². The third kappa shape index (κ3) is 3.57. The monoisotopic (exact) mass is 371 g/mol. The van der Waals surface area contributed by atoms with E-state index in [0.29, 0.717) is 40.0 Å². The molecule has 0 bridgehead atoms. The van der Waals surface area contributed by atoms with Crippen LogP contribution in [0.5, 0.6) is 5.75 Å². The maximum absolute atomic E-state index is 8.92. The van der Waals surface area contributed by atoms with E-state index in [2.05, 4.69) is 9.88 Å². The molecule has 6 nitrogen and oxygen atoms in total. The number of fused-ring (bicyclic) bond motifs is 3. The Morgan fingerprint density at radius 3 is 2.58 bits per heavy atom. The molecule has 0 aliphatic carbocycles. The molecule has 3 N–H and O–H groups in total. The van der Waals surface area contributed by atoms with Gasteiger partial charge in [-0.1, -0.05) is 23.2 Å². The number of benzene rings is 1. The highest BCUT2D eigenvalue weighted by atomic mass is 35.5. The van der Waals surface area contributed by atoms with Crippen molar-refractivity contribution in [1.82, 2.24) is 9.88 Å². The number of rotatable bonds is 3. The molecule has 1 aromatic carbocycles. The highest BCUT2D eigenvalue weighted by Crippen LogP contribution is 2.42. The van der Waals surface area contributed by atoms with Crippen LogP contribution in [0, 0.1) is 0 Å². The van der Waals surface area contributed by atoms with Crippen molar-refractivity contribution in [3.05, 3.63) is 27.2 Å². The molecule has 0 fully saturated rings. The molecule has 1 aliphatic rings. The fraction of sp³-hybridized carbons (Fsp3) is 0.375. The SMILES string of the molecule is CCOc1cc2c3c(c(N)nc2c(Cl)c1Cl)CN(C)C3.O=CCO. The maximum Gasteiger partial charge on any atom is 0.145 e. The molecule has 1 aliphatic heterocycles. The second-order valence-corrected chi connectivity index (χ2v) is 6.06. The van der Waals surface area contributed by atoms with Gasteiger partial charge in [-0.2, -0.15) is 0 Å². The Labute approximate surface area is 150 Å². The van der Waals surface area contributed by atoms with E-state index < -0.39 is 0 Å². The van der Waals surface area contributed by atoms with Crippen LogP contribution in [0.1, 0.15) is 18.1 Å². The lowest BCUT2D eigenvalue weighted by atomic mass is 10.0. The van der Waals surface area contributed by atoms with Gasteiger partial charge in [0.05, 0.1) is 23.8 Å². The summed E-state index contributed by atoms with van der Waals surface area (Å²) < 4.78 is 5.55. The van der Waals surface area contributed by atoms with Gasteiger partial charge in [-0.15, -0.1) is 0 Å². The number of hydrogen-bond acceptors (Lipinski definition) is 6. The van der Waals surface area contributed by atoms with E-state index in [1.807, 2.05) is 20.0 Å². The average Bonchev–Trinajstić information content (AvgIpc) is 2.96. The zero-order chi connectivity index (χ0) is 17.9. The molecule has 2 aromatic rings. The number of pyridine rings is 1. The minimum absolute atomic E-state index is 0.361. The van der Waals surface area contributed by atoms with Gasteiger partial charge in [0.2, 0.25) is 0 Å². The molecular weight excluding hydrogens is 353 g/mol. The standard InChI is InChI=1S/C14H15Cl2N3O.C2H4O2/c1-3-20-10-4-7-8-5-19(2)6-9(8)14(17)18-13(7)12(16)11(10)15;3-1-2-4/h4H,3,5-6H2,1-2H3,(H2,17,18);1,4H,2H2. The molecule has 1 aromatic heterocycles. The van der Waals surface area contributed by atoms with Gasteiger partial charge in [-0.3, -0.25) is 4.90 Å². The number of halogens is 2. The van der Waals surface area contributed by atoms with E-state index in [1.165, 1.54) is 0 Å². The molecule has 0 radical (unpaired) electrons. The molecule has 2 heterocycles. The van der Waals surface area contributed by atoms with Crippen molar-refractivity contribution in [2.75, 3.05) is 26.0 Å². The van der Waals surface area contributed by atoms with Gasteiger partial charge in [0.1, 0.15) is 22.9 Å². The number of aldehydes is 1. The number of aliphatic hydroxyl groups is 1. The number of nitrogens with two attached hydrogens (primary N) is 1. The predicted molar refractivity (Wildman–Crippen MR) is 95.7 cm³/mol. The summed E-state index contributed by atoms with van der Waals surface area (Å²) in [6.07, 6.45) is 0.431. The van der Waals surface area contributed by atoms with E-state index in [0.717, 1.165) is 29.6 Å². The Bertz CT molecular complexity index is 768. The zero-order valence-electron chi connectivity index (χ0n) is 13.5. The number of nitrogens with zero attached hydrogens (tertiary/aromatic N) is 2. The van der Waals surface area contributed by atoms with Crippen LogP contribution in [0.4, 0.5) is 5.82 Å². The second-order valence-electron chi connectivity index (χ2n) is 5.31. The number of nitrogen functional groups attached to an aromatic ring is 1. The topological polar surface area (TPSA) is 88.7 Å². The summed E-state index contributed by atoms with van der Waals surface area (Å²) in [6.45, 7) is 3.70. The second kappa shape index (κ2) is 7.98. The number of ether oxygens (including phenoxy) is 1. The van der Waals surface area contributed by atoms with Crippen molar-refractivity contribution in [2.24, 2.45) is 0 Å². The molecule has 0 unspecified atom stereocenters. The normalized spacial score (nSPS) is 13.4. The average molecular weight is 372 g/mol. The minimum Gasteiger partial charge on any atom is -0.492 e. The highest BCUT2D eigenvalue weighted by Gasteiger charge is 2.24. The first-order chi connectivity index (χ1) is 11.4. The number of hydrogen-bond donors (Lipinski definition) is 2. The largest absolute Gasteiger partial charge is 0.492 e. The smallest absolute Gasteiger partial charge is 0.145 e. The van der Waals surface area contributed by atoms with Gasteiger partial charge in [0, 0.05) is 24.0 Å². The van der Waals surface area contributed by atoms with Crippen molar-refractivity contribution in [2.45, 2.75) is 20.0 Å². The van der Waals surface area contributed by atoms with E-state index in [4.69, 9.17) is 43.6 Å². The fourth-order valence-corrected chi connectivity index (χ4v) is 3.09. The number of carbonyl (C=O) groups is 1. The summed E-state index contributed by atoms with van der Waals surface area (Å²) in [5.41, 5.74) is 8.92. The van der Waals surface area contributed by atoms with E-state index >= 15 is 0 Å². The van der Waals surface area contributed by atoms with Crippen molar-refractivity contribution in [3.63, 3.8) is 0 Å². The molecule has 0 spiro atoms. The molecule has 0 saturated heterocycles. The summed E-state index contributed by atoms with van der Waals surface area (Å²) in [4.78, 5) is 15.5. The van der Waals surface area contributed by atoms with Crippen molar-refractivity contribution in [1.29, 1.82) is 0 Å². The molecule has 8 heteroatoms. The maximum atomic E-state index is 8.92. The van der Waals surface area contributed by atoms with Crippen LogP contribution >= 0.6 is 23.2 Å². The van der Waals surface area contributed by atoms with Crippen LogP contribution < -0.4 is 10.5 Å². The Morgan fingerprint density at radius 2 is 2.00 bits per heavy atom. The minimum atomic E-state index is -0.361. The quantitative estimate of drug-likeness (QED) is 0.806. The summed E-state index contributed by atoms with van der Waals surface area (Å²) in [6, 6.07) is 1.91. The molecular formula is C16H19Cl2N3O3. The van der Waals surface area contributed by atoms with Crippen molar-refractivity contribution < 1.29 is 14.6 Å².